The van der Waals surface area contributed by atoms with Gasteiger partial charge in [0.2, 0.25) is 5.91 Å². The lowest BCUT2D eigenvalue weighted by Gasteiger charge is -2.35. The Balaban J connectivity index is 1.62. The van der Waals surface area contributed by atoms with Crippen molar-refractivity contribution in [1.29, 1.82) is 0 Å². The van der Waals surface area contributed by atoms with Crippen molar-refractivity contribution in [3.63, 3.8) is 0 Å². The number of ether oxygens (including phenoxy) is 1. The molecule has 2 aromatic rings. The summed E-state index contributed by atoms with van der Waals surface area (Å²) in [5, 5.41) is 3.74. The van der Waals surface area contributed by atoms with Crippen LogP contribution in [0.4, 0.5) is 0 Å². The van der Waals surface area contributed by atoms with E-state index in [0.29, 0.717) is 31.2 Å². The van der Waals surface area contributed by atoms with Crippen molar-refractivity contribution in [3.8, 4) is 0 Å². The number of aryl methyl sites for hydroxylation is 2. The fraction of sp³-hybridized carbons (Fsp3) is 0.444. The second-order valence-electron chi connectivity index (χ2n) is 6.22. The number of hydrogen-bond donors (Lipinski definition) is 1. The number of hydrogen-bond acceptors (Lipinski definition) is 6. The summed E-state index contributed by atoms with van der Waals surface area (Å²) in [6.07, 6.45) is 3.62. The van der Waals surface area contributed by atoms with E-state index in [1.54, 1.807) is 17.3 Å². The Labute approximate surface area is 156 Å². The van der Waals surface area contributed by atoms with Crippen LogP contribution in [-0.4, -0.2) is 52.5 Å². The lowest BCUT2D eigenvalue weighted by molar-refractivity contribution is -0.123. The zero-order valence-corrected chi connectivity index (χ0v) is 15.7. The summed E-state index contributed by atoms with van der Waals surface area (Å²) < 4.78 is 5.50. The Morgan fingerprint density at radius 2 is 2.27 bits per heavy atom. The summed E-state index contributed by atoms with van der Waals surface area (Å²) in [4.78, 5) is 36.0. The highest BCUT2D eigenvalue weighted by Gasteiger charge is 2.31. The third-order valence-corrected chi connectivity index (χ3v) is 5.28. The number of thiazole rings is 1. The fourth-order valence-electron chi connectivity index (χ4n) is 2.94. The van der Waals surface area contributed by atoms with E-state index in [-0.39, 0.29) is 24.3 Å². The molecule has 8 heteroatoms. The second kappa shape index (κ2) is 8.37. The molecule has 7 nitrogen and oxygen atoms in total. The molecule has 1 aliphatic rings. The Kier molecular flexibility index (Phi) is 5.95. The van der Waals surface area contributed by atoms with Crippen molar-refractivity contribution in [3.05, 3.63) is 45.7 Å². The van der Waals surface area contributed by atoms with Crippen LogP contribution in [-0.2, 0) is 16.1 Å². The highest BCUT2D eigenvalue weighted by Crippen LogP contribution is 2.22. The van der Waals surface area contributed by atoms with Gasteiger partial charge in [-0.05, 0) is 25.5 Å². The Morgan fingerprint density at radius 1 is 1.42 bits per heavy atom. The van der Waals surface area contributed by atoms with Crippen LogP contribution in [0, 0.1) is 13.8 Å². The zero-order chi connectivity index (χ0) is 18.5. The van der Waals surface area contributed by atoms with Crippen LogP contribution in [0.5, 0.6) is 0 Å². The van der Waals surface area contributed by atoms with E-state index in [2.05, 4.69) is 15.3 Å². The number of pyridine rings is 1. The van der Waals surface area contributed by atoms with Gasteiger partial charge in [-0.1, -0.05) is 6.07 Å². The van der Waals surface area contributed by atoms with E-state index in [1.165, 1.54) is 11.3 Å². The number of carbonyl (C=O) groups is 2. The van der Waals surface area contributed by atoms with Gasteiger partial charge in [-0.15, -0.1) is 11.3 Å². The predicted molar refractivity (Wildman–Crippen MR) is 97.9 cm³/mol. The van der Waals surface area contributed by atoms with Gasteiger partial charge in [-0.3, -0.25) is 14.6 Å². The second-order valence-corrected chi connectivity index (χ2v) is 7.42. The van der Waals surface area contributed by atoms with E-state index in [1.807, 2.05) is 26.0 Å². The van der Waals surface area contributed by atoms with Gasteiger partial charge < -0.3 is 15.0 Å². The first-order valence-electron chi connectivity index (χ1n) is 8.53. The molecular weight excluding hydrogens is 352 g/mol. The monoisotopic (exact) mass is 374 g/mol. The lowest BCUT2D eigenvalue weighted by atomic mass is 10.1. The normalized spacial score (nSPS) is 17.2. The number of carbonyl (C=O) groups excluding carboxylic acids is 2. The molecule has 0 saturated carbocycles. The van der Waals surface area contributed by atoms with E-state index in [0.717, 1.165) is 16.3 Å². The molecule has 1 atom stereocenters. The van der Waals surface area contributed by atoms with Crippen LogP contribution in [0.2, 0.25) is 0 Å². The van der Waals surface area contributed by atoms with Crippen LogP contribution in [0.25, 0.3) is 0 Å². The number of rotatable bonds is 5. The topological polar surface area (TPSA) is 84.4 Å². The van der Waals surface area contributed by atoms with E-state index in [9.17, 15) is 9.59 Å². The van der Waals surface area contributed by atoms with E-state index in [4.69, 9.17) is 4.74 Å². The summed E-state index contributed by atoms with van der Waals surface area (Å²) in [7, 11) is 0. The van der Waals surface area contributed by atoms with Crippen molar-refractivity contribution < 1.29 is 14.3 Å². The molecule has 0 bridgehead atoms. The number of amides is 2. The molecule has 0 unspecified atom stereocenters. The van der Waals surface area contributed by atoms with Gasteiger partial charge in [-0.25, -0.2) is 4.98 Å². The number of morpholine rings is 1. The summed E-state index contributed by atoms with van der Waals surface area (Å²) in [5.74, 6) is -0.180. The molecule has 138 valence electrons. The van der Waals surface area contributed by atoms with Crippen LogP contribution in [0.3, 0.4) is 0 Å². The standard InChI is InChI=1S/C18H22N4O3S/c1-12-17(26-13(2)21-12)18(24)22-6-7-25-11-15(22)8-16(23)20-10-14-4-3-5-19-9-14/h3-5,9,15H,6-8,10-11H2,1-2H3,(H,20,23)/t15-/m0/s1. The zero-order valence-electron chi connectivity index (χ0n) is 14.9. The van der Waals surface area contributed by atoms with Gasteiger partial charge in [0.25, 0.3) is 5.91 Å². The molecule has 1 N–H and O–H groups in total. The fourth-order valence-corrected chi connectivity index (χ4v) is 3.82. The Morgan fingerprint density at radius 3 is 2.96 bits per heavy atom. The van der Waals surface area contributed by atoms with Gasteiger partial charge in [-0.2, -0.15) is 0 Å². The minimum atomic E-state index is -0.271. The molecule has 3 heterocycles. The quantitative estimate of drug-likeness (QED) is 0.861. The predicted octanol–water partition coefficient (Wildman–Crippen LogP) is 1.70. The number of nitrogens with one attached hydrogen (secondary N) is 1. The molecule has 1 saturated heterocycles. The SMILES string of the molecule is Cc1nc(C)c(C(=O)N2CCOC[C@@H]2CC(=O)NCc2cccnc2)s1. The maximum atomic E-state index is 12.9. The molecular formula is C18H22N4O3S. The maximum Gasteiger partial charge on any atom is 0.266 e. The number of nitrogens with zero attached hydrogens (tertiary/aromatic N) is 3. The maximum absolute atomic E-state index is 12.9. The summed E-state index contributed by atoms with van der Waals surface area (Å²) >= 11 is 1.39. The first kappa shape index (κ1) is 18.5. The van der Waals surface area contributed by atoms with Crippen LogP contribution in [0.1, 0.15) is 32.4 Å². The first-order chi connectivity index (χ1) is 12.5. The number of aromatic nitrogens is 2. The highest BCUT2D eigenvalue weighted by molar-refractivity contribution is 7.13. The molecule has 2 amide bonds. The smallest absolute Gasteiger partial charge is 0.266 e. The lowest BCUT2D eigenvalue weighted by Crippen LogP contribution is -2.50. The highest BCUT2D eigenvalue weighted by atomic mass is 32.1. The average molecular weight is 374 g/mol. The Hall–Kier alpha value is -2.32. The molecule has 26 heavy (non-hydrogen) atoms. The van der Waals surface area contributed by atoms with Crippen molar-refractivity contribution in [2.75, 3.05) is 19.8 Å². The minimum absolute atomic E-state index is 0.0681. The summed E-state index contributed by atoms with van der Waals surface area (Å²) in [6, 6.07) is 3.46. The molecule has 0 spiro atoms. The van der Waals surface area contributed by atoms with E-state index >= 15 is 0 Å². The van der Waals surface area contributed by atoms with Crippen molar-refractivity contribution in [1.82, 2.24) is 20.2 Å². The largest absolute Gasteiger partial charge is 0.377 e. The third-order valence-electron chi connectivity index (χ3n) is 4.22. The van der Waals surface area contributed by atoms with Crippen molar-refractivity contribution in [2.45, 2.75) is 32.9 Å². The van der Waals surface area contributed by atoms with Gasteiger partial charge in [0.05, 0.1) is 30.0 Å². The minimum Gasteiger partial charge on any atom is -0.377 e. The molecule has 0 radical (unpaired) electrons. The molecule has 0 aromatic carbocycles. The molecule has 1 aliphatic heterocycles. The van der Waals surface area contributed by atoms with Crippen LogP contribution in [0.15, 0.2) is 24.5 Å². The van der Waals surface area contributed by atoms with Crippen molar-refractivity contribution in [2.24, 2.45) is 0 Å². The average Bonchev–Trinajstić information content (AvgIpc) is 2.99. The summed E-state index contributed by atoms with van der Waals surface area (Å²) in [6.45, 7) is 5.47. The third kappa shape index (κ3) is 4.44. The van der Waals surface area contributed by atoms with Crippen LogP contribution < -0.4 is 5.32 Å². The first-order valence-corrected chi connectivity index (χ1v) is 9.34. The van der Waals surface area contributed by atoms with Gasteiger partial charge in [0.15, 0.2) is 0 Å². The summed E-state index contributed by atoms with van der Waals surface area (Å²) in [5.41, 5.74) is 1.67. The van der Waals surface area contributed by atoms with E-state index < -0.39 is 0 Å². The molecule has 1 fully saturated rings. The Bertz CT molecular complexity index is 778. The van der Waals surface area contributed by atoms with Crippen LogP contribution >= 0.6 is 11.3 Å². The van der Waals surface area contributed by atoms with Crippen molar-refractivity contribution >= 4 is 23.2 Å². The van der Waals surface area contributed by atoms with Gasteiger partial charge in [0, 0.05) is 31.9 Å². The molecule has 2 aromatic heterocycles. The molecule has 3 rings (SSSR count). The van der Waals surface area contributed by atoms with Gasteiger partial charge >= 0.3 is 0 Å². The van der Waals surface area contributed by atoms with Gasteiger partial charge in [0.1, 0.15) is 4.88 Å². The molecule has 0 aliphatic carbocycles.